The zero-order chi connectivity index (χ0) is 20.6. The van der Waals surface area contributed by atoms with Crippen molar-refractivity contribution in [2.45, 2.75) is 20.0 Å². The number of halogens is 2. The van der Waals surface area contributed by atoms with Gasteiger partial charge in [-0.25, -0.2) is 4.98 Å². The third-order valence-corrected chi connectivity index (χ3v) is 4.98. The van der Waals surface area contributed by atoms with Gasteiger partial charge in [-0.15, -0.1) is 11.3 Å². The highest BCUT2D eigenvalue weighted by Gasteiger charge is 2.06. The van der Waals surface area contributed by atoms with Crippen molar-refractivity contribution in [3.05, 3.63) is 65.2 Å². The lowest BCUT2D eigenvalue weighted by Crippen LogP contribution is -2.30. The maximum absolute atomic E-state index is 12.1. The van der Waals surface area contributed by atoms with Gasteiger partial charge in [-0.1, -0.05) is 12.1 Å². The molecule has 1 amide bonds. The molecule has 1 aromatic heterocycles. The smallest absolute Gasteiger partial charge is 0.387 e. The largest absolute Gasteiger partial charge is 0.484 e. The van der Waals surface area contributed by atoms with Gasteiger partial charge in [0.05, 0.1) is 0 Å². The lowest BCUT2D eigenvalue weighted by Gasteiger charge is -2.09. The van der Waals surface area contributed by atoms with Gasteiger partial charge >= 0.3 is 6.61 Å². The van der Waals surface area contributed by atoms with Crippen molar-refractivity contribution in [3.8, 4) is 22.1 Å². The van der Waals surface area contributed by atoms with Crippen LogP contribution in [0, 0.1) is 6.92 Å². The van der Waals surface area contributed by atoms with Crippen LogP contribution in [0.1, 0.15) is 11.3 Å². The van der Waals surface area contributed by atoms with E-state index in [4.69, 9.17) is 4.74 Å². The van der Waals surface area contributed by atoms with Crippen LogP contribution in [0.2, 0.25) is 0 Å². The van der Waals surface area contributed by atoms with Crippen molar-refractivity contribution < 1.29 is 23.0 Å². The average molecular weight is 418 g/mol. The number of aromatic nitrogens is 1. The molecule has 8 heteroatoms. The Bertz CT molecular complexity index is 928. The molecular formula is C21H20F2N2O3S. The molecule has 2 aromatic carbocycles. The summed E-state index contributed by atoms with van der Waals surface area (Å²) in [6.45, 7) is -0.559. The molecule has 152 valence electrons. The summed E-state index contributed by atoms with van der Waals surface area (Å²) in [6, 6.07) is 13.8. The number of thiazole rings is 1. The van der Waals surface area contributed by atoms with Gasteiger partial charge < -0.3 is 14.8 Å². The Kier molecular flexibility index (Phi) is 7.13. The molecule has 0 saturated carbocycles. The normalized spacial score (nSPS) is 10.8. The standard InChI is InChI=1S/C21H20F2N2O3S/c1-14-13-29-20(25-14)16-4-8-17(9-5-16)27-12-19(26)24-11-10-15-2-6-18(7-3-15)28-21(22)23/h2-9,13,21H,10-12H2,1H3,(H,24,26). The molecule has 1 heterocycles. The molecule has 0 spiro atoms. The highest BCUT2D eigenvalue weighted by Crippen LogP contribution is 2.25. The lowest BCUT2D eigenvalue weighted by atomic mass is 10.1. The van der Waals surface area contributed by atoms with E-state index in [1.165, 1.54) is 12.1 Å². The number of nitrogens with zero attached hydrogens (tertiary/aromatic N) is 1. The molecule has 0 saturated heterocycles. The van der Waals surface area contributed by atoms with E-state index in [1.54, 1.807) is 23.5 Å². The number of rotatable bonds is 9. The first kappa shape index (κ1) is 20.7. The third kappa shape index (κ3) is 6.53. The number of aryl methyl sites for hydroxylation is 1. The first-order valence-electron chi connectivity index (χ1n) is 8.95. The Morgan fingerprint density at radius 1 is 1.10 bits per heavy atom. The minimum absolute atomic E-state index is 0.0864. The summed E-state index contributed by atoms with van der Waals surface area (Å²) in [5.41, 5.74) is 2.89. The van der Waals surface area contributed by atoms with Gasteiger partial charge in [0.25, 0.3) is 5.91 Å². The monoisotopic (exact) mass is 418 g/mol. The summed E-state index contributed by atoms with van der Waals surface area (Å²) >= 11 is 1.58. The molecule has 0 fully saturated rings. The summed E-state index contributed by atoms with van der Waals surface area (Å²) in [4.78, 5) is 16.4. The van der Waals surface area contributed by atoms with E-state index in [0.29, 0.717) is 18.7 Å². The number of ether oxygens (including phenoxy) is 2. The molecule has 0 aliphatic heterocycles. The van der Waals surface area contributed by atoms with Gasteiger partial charge in [0.15, 0.2) is 6.61 Å². The number of benzene rings is 2. The van der Waals surface area contributed by atoms with Crippen molar-refractivity contribution in [2.24, 2.45) is 0 Å². The Balaban J connectivity index is 1.38. The summed E-state index contributed by atoms with van der Waals surface area (Å²) in [5, 5.41) is 5.71. The van der Waals surface area contributed by atoms with E-state index < -0.39 is 6.61 Å². The van der Waals surface area contributed by atoms with Crippen LogP contribution in [0.3, 0.4) is 0 Å². The van der Waals surface area contributed by atoms with Crippen LogP contribution in [-0.4, -0.2) is 30.7 Å². The van der Waals surface area contributed by atoms with Crippen LogP contribution in [0.15, 0.2) is 53.9 Å². The molecule has 0 atom stereocenters. The van der Waals surface area contributed by atoms with Gasteiger partial charge in [0, 0.05) is 23.2 Å². The van der Waals surface area contributed by atoms with Gasteiger partial charge in [-0.2, -0.15) is 8.78 Å². The number of hydrogen-bond donors (Lipinski definition) is 1. The molecule has 0 radical (unpaired) electrons. The average Bonchev–Trinajstić information content (AvgIpc) is 3.14. The van der Waals surface area contributed by atoms with E-state index in [-0.39, 0.29) is 18.3 Å². The van der Waals surface area contributed by atoms with E-state index in [1.807, 2.05) is 36.6 Å². The van der Waals surface area contributed by atoms with Gasteiger partial charge in [0.2, 0.25) is 0 Å². The highest BCUT2D eigenvalue weighted by molar-refractivity contribution is 7.13. The predicted octanol–water partition coefficient (Wildman–Crippen LogP) is 4.46. The first-order chi connectivity index (χ1) is 14.0. The van der Waals surface area contributed by atoms with E-state index in [9.17, 15) is 13.6 Å². The first-order valence-corrected chi connectivity index (χ1v) is 9.83. The Morgan fingerprint density at radius 3 is 2.41 bits per heavy atom. The maximum Gasteiger partial charge on any atom is 0.387 e. The van der Waals surface area contributed by atoms with Crippen LogP contribution in [0.4, 0.5) is 8.78 Å². The molecule has 0 aliphatic rings. The predicted molar refractivity (Wildman–Crippen MR) is 108 cm³/mol. The van der Waals surface area contributed by atoms with Gasteiger partial charge in [-0.3, -0.25) is 4.79 Å². The SMILES string of the molecule is Cc1csc(-c2ccc(OCC(=O)NCCc3ccc(OC(F)F)cc3)cc2)n1. The van der Waals surface area contributed by atoms with E-state index in [2.05, 4.69) is 15.0 Å². The second-order valence-corrected chi connectivity index (χ2v) is 7.09. The fourth-order valence-electron chi connectivity index (χ4n) is 2.56. The summed E-state index contributed by atoms with van der Waals surface area (Å²) in [5.74, 6) is 0.478. The molecule has 3 rings (SSSR count). The second-order valence-electron chi connectivity index (χ2n) is 6.23. The summed E-state index contributed by atoms with van der Waals surface area (Å²) in [6.07, 6.45) is 0.572. The van der Waals surface area contributed by atoms with Crippen molar-refractivity contribution in [1.82, 2.24) is 10.3 Å². The molecule has 29 heavy (non-hydrogen) atoms. The number of nitrogens with one attached hydrogen (secondary N) is 1. The Labute approximate surface area is 171 Å². The molecule has 3 aromatic rings. The van der Waals surface area contributed by atoms with Crippen LogP contribution in [0.5, 0.6) is 11.5 Å². The summed E-state index contributed by atoms with van der Waals surface area (Å²) < 4.78 is 34.0. The molecule has 0 bridgehead atoms. The topological polar surface area (TPSA) is 60.5 Å². The molecule has 1 N–H and O–H groups in total. The molecule has 0 aliphatic carbocycles. The minimum atomic E-state index is -2.84. The van der Waals surface area contributed by atoms with Crippen molar-refractivity contribution >= 4 is 17.2 Å². The van der Waals surface area contributed by atoms with Gasteiger partial charge in [-0.05, 0) is 55.3 Å². The van der Waals surface area contributed by atoms with Crippen molar-refractivity contribution in [3.63, 3.8) is 0 Å². The summed E-state index contributed by atoms with van der Waals surface area (Å²) in [7, 11) is 0. The third-order valence-electron chi connectivity index (χ3n) is 3.97. The van der Waals surface area contributed by atoms with E-state index in [0.717, 1.165) is 21.8 Å². The zero-order valence-electron chi connectivity index (χ0n) is 15.7. The van der Waals surface area contributed by atoms with Gasteiger partial charge in [0.1, 0.15) is 16.5 Å². The van der Waals surface area contributed by atoms with E-state index >= 15 is 0 Å². The minimum Gasteiger partial charge on any atom is -0.484 e. The maximum atomic E-state index is 12.1. The molecule has 0 unspecified atom stereocenters. The highest BCUT2D eigenvalue weighted by atomic mass is 32.1. The fourth-order valence-corrected chi connectivity index (χ4v) is 3.37. The molecule has 5 nitrogen and oxygen atoms in total. The zero-order valence-corrected chi connectivity index (χ0v) is 16.5. The van der Waals surface area contributed by atoms with Crippen molar-refractivity contribution in [1.29, 1.82) is 0 Å². The lowest BCUT2D eigenvalue weighted by molar-refractivity contribution is -0.123. The quantitative estimate of drug-likeness (QED) is 0.558. The van der Waals surface area contributed by atoms with Crippen LogP contribution in [0.25, 0.3) is 10.6 Å². The number of hydrogen-bond acceptors (Lipinski definition) is 5. The number of carbonyl (C=O) groups is 1. The van der Waals surface area contributed by atoms with Crippen molar-refractivity contribution in [2.75, 3.05) is 13.2 Å². The van der Waals surface area contributed by atoms with Crippen LogP contribution in [-0.2, 0) is 11.2 Å². The van der Waals surface area contributed by atoms with Crippen LogP contribution >= 0.6 is 11.3 Å². The Morgan fingerprint density at radius 2 is 1.79 bits per heavy atom. The molecular weight excluding hydrogens is 398 g/mol. The fraction of sp³-hybridized carbons (Fsp3) is 0.238. The van der Waals surface area contributed by atoms with Crippen LogP contribution < -0.4 is 14.8 Å². The number of carbonyl (C=O) groups excluding carboxylic acids is 1. The Hall–Kier alpha value is -3.00. The number of alkyl halides is 2. The number of amides is 1. The second kappa shape index (κ2) is 9.97.